The third-order valence-electron chi connectivity index (χ3n) is 3.43. The highest BCUT2D eigenvalue weighted by Crippen LogP contribution is 2.33. The molecular weight excluding hydrogens is 325 g/mol. The zero-order valence-corrected chi connectivity index (χ0v) is 13.7. The molecule has 0 fully saturated rings. The topological polar surface area (TPSA) is 12.9 Å². The maximum atomic E-state index is 13.2. The minimum absolute atomic E-state index is 0.207. The summed E-state index contributed by atoms with van der Waals surface area (Å²) in [5.41, 5.74) is 2.14. The monoisotopic (exact) mass is 337 g/mol. The number of benzene rings is 3. The first-order chi connectivity index (χ1) is 11.3. The highest BCUT2D eigenvalue weighted by atomic mass is 32.2. The van der Waals surface area contributed by atoms with Crippen LogP contribution in [0.5, 0.6) is 0 Å². The highest BCUT2D eigenvalue weighted by Gasteiger charge is 2.06. The average molecular weight is 337 g/mol. The minimum atomic E-state index is -0.207. The number of hydrogen-bond acceptors (Lipinski definition) is 3. The summed E-state index contributed by atoms with van der Waals surface area (Å²) in [7, 11) is 0. The SMILES string of the molecule is Fc1cccc(Sc2ccc(-c3nc4ccccc4s3)cc2)c1. The Morgan fingerprint density at radius 2 is 1.65 bits per heavy atom. The van der Waals surface area contributed by atoms with Gasteiger partial charge in [-0.1, -0.05) is 42.1 Å². The molecule has 0 aliphatic rings. The van der Waals surface area contributed by atoms with Crippen LogP contribution in [0, 0.1) is 5.82 Å². The summed E-state index contributed by atoms with van der Waals surface area (Å²) in [5, 5.41) is 1.02. The van der Waals surface area contributed by atoms with Gasteiger partial charge in [-0.15, -0.1) is 11.3 Å². The van der Waals surface area contributed by atoms with Crippen molar-refractivity contribution in [2.75, 3.05) is 0 Å². The number of hydrogen-bond donors (Lipinski definition) is 0. The Labute approximate surface area is 141 Å². The molecule has 0 radical (unpaired) electrons. The van der Waals surface area contributed by atoms with Gasteiger partial charge in [0.1, 0.15) is 10.8 Å². The highest BCUT2D eigenvalue weighted by molar-refractivity contribution is 7.99. The largest absolute Gasteiger partial charge is 0.236 e. The van der Waals surface area contributed by atoms with Crippen molar-refractivity contribution >= 4 is 33.3 Å². The maximum absolute atomic E-state index is 13.2. The second-order valence-corrected chi connectivity index (χ2v) is 7.25. The molecule has 0 aliphatic carbocycles. The van der Waals surface area contributed by atoms with Crippen LogP contribution in [0.2, 0.25) is 0 Å². The summed E-state index contributed by atoms with van der Waals surface area (Å²) in [6.45, 7) is 0. The summed E-state index contributed by atoms with van der Waals surface area (Å²) >= 11 is 3.25. The van der Waals surface area contributed by atoms with E-state index in [0.29, 0.717) is 0 Å². The van der Waals surface area contributed by atoms with E-state index in [1.165, 1.54) is 10.8 Å². The lowest BCUT2D eigenvalue weighted by Crippen LogP contribution is -1.78. The zero-order chi connectivity index (χ0) is 15.6. The summed E-state index contributed by atoms with van der Waals surface area (Å²) in [6, 6.07) is 23.0. The fourth-order valence-electron chi connectivity index (χ4n) is 2.33. The van der Waals surface area contributed by atoms with Crippen molar-refractivity contribution in [3.05, 3.63) is 78.6 Å². The van der Waals surface area contributed by atoms with E-state index in [2.05, 4.69) is 35.3 Å². The van der Waals surface area contributed by atoms with Gasteiger partial charge in [-0.2, -0.15) is 0 Å². The molecule has 0 atom stereocenters. The van der Waals surface area contributed by atoms with Crippen molar-refractivity contribution in [3.8, 4) is 10.6 Å². The van der Waals surface area contributed by atoms with Crippen molar-refractivity contribution in [1.82, 2.24) is 4.98 Å². The Morgan fingerprint density at radius 1 is 0.826 bits per heavy atom. The molecule has 0 aliphatic heterocycles. The van der Waals surface area contributed by atoms with Gasteiger partial charge in [0.05, 0.1) is 10.2 Å². The second-order valence-electron chi connectivity index (χ2n) is 5.07. The number of thiazole rings is 1. The first-order valence-electron chi connectivity index (χ1n) is 7.17. The first-order valence-corrected chi connectivity index (χ1v) is 8.81. The van der Waals surface area contributed by atoms with Crippen LogP contribution >= 0.6 is 23.1 Å². The number of nitrogens with zero attached hydrogens (tertiary/aromatic N) is 1. The van der Waals surface area contributed by atoms with E-state index in [1.807, 2.05) is 24.3 Å². The van der Waals surface area contributed by atoms with E-state index in [1.54, 1.807) is 35.2 Å². The Balaban J connectivity index is 1.60. The van der Waals surface area contributed by atoms with Crippen LogP contribution in [0.3, 0.4) is 0 Å². The van der Waals surface area contributed by atoms with Gasteiger partial charge < -0.3 is 0 Å². The third-order valence-corrected chi connectivity index (χ3v) is 5.51. The lowest BCUT2D eigenvalue weighted by Gasteiger charge is -2.03. The van der Waals surface area contributed by atoms with Crippen molar-refractivity contribution in [2.24, 2.45) is 0 Å². The van der Waals surface area contributed by atoms with E-state index in [9.17, 15) is 4.39 Å². The van der Waals surface area contributed by atoms with Gasteiger partial charge in [0.2, 0.25) is 0 Å². The molecule has 0 saturated heterocycles. The molecule has 4 aromatic rings. The molecule has 1 nitrogen and oxygen atoms in total. The number of halogens is 1. The zero-order valence-electron chi connectivity index (χ0n) is 12.1. The van der Waals surface area contributed by atoms with Crippen LogP contribution in [-0.4, -0.2) is 4.98 Å². The summed E-state index contributed by atoms with van der Waals surface area (Å²) < 4.78 is 14.4. The molecule has 3 aromatic carbocycles. The predicted octanol–water partition coefficient (Wildman–Crippen LogP) is 6.25. The van der Waals surface area contributed by atoms with E-state index in [4.69, 9.17) is 0 Å². The third kappa shape index (κ3) is 3.14. The van der Waals surface area contributed by atoms with E-state index in [0.717, 1.165) is 25.9 Å². The standard InChI is InChI=1S/C19H12FNS2/c20-14-4-3-5-16(12-14)22-15-10-8-13(9-11-15)19-21-17-6-1-2-7-18(17)23-19/h1-12H. The molecule has 0 amide bonds. The number of aromatic nitrogens is 1. The number of rotatable bonds is 3. The van der Waals surface area contributed by atoms with Gasteiger partial charge in [-0.3, -0.25) is 0 Å². The summed E-state index contributed by atoms with van der Waals surface area (Å²) in [6.07, 6.45) is 0. The van der Waals surface area contributed by atoms with E-state index < -0.39 is 0 Å². The van der Waals surface area contributed by atoms with Crippen molar-refractivity contribution in [2.45, 2.75) is 9.79 Å². The quantitative estimate of drug-likeness (QED) is 0.438. The molecule has 1 heterocycles. The fourth-order valence-corrected chi connectivity index (χ4v) is 4.16. The van der Waals surface area contributed by atoms with Crippen LogP contribution in [0.15, 0.2) is 82.6 Å². The molecule has 4 heteroatoms. The van der Waals surface area contributed by atoms with Crippen LogP contribution in [-0.2, 0) is 0 Å². The minimum Gasteiger partial charge on any atom is -0.236 e. The Morgan fingerprint density at radius 3 is 2.43 bits per heavy atom. The Hall–Kier alpha value is -2.17. The molecular formula is C19H12FNS2. The van der Waals surface area contributed by atoms with Crippen molar-refractivity contribution in [3.63, 3.8) is 0 Å². The van der Waals surface area contributed by atoms with Gasteiger partial charge in [-0.05, 0) is 42.5 Å². The average Bonchev–Trinajstić information content (AvgIpc) is 2.99. The molecule has 0 N–H and O–H groups in total. The molecule has 4 rings (SSSR count). The summed E-state index contributed by atoms with van der Waals surface area (Å²) in [4.78, 5) is 6.65. The molecule has 0 saturated carbocycles. The molecule has 0 spiro atoms. The van der Waals surface area contributed by atoms with E-state index in [-0.39, 0.29) is 5.82 Å². The van der Waals surface area contributed by atoms with Crippen molar-refractivity contribution in [1.29, 1.82) is 0 Å². The van der Waals surface area contributed by atoms with Crippen LogP contribution in [0.25, 0.3) is 20.8 Å². The molecule has 23 heavy (non-hydrogen) atoms. The lowest BCUT2D eigenvalue weighted by atomic mass is 10.2. The predicted molar refractivity (Wildman–Crippen MR) is 95.6 cm³/mol. The Bertz CT molecular complexity index is 927. The second kappa shape index (κ2) is 6.14. The number of fused-ring (bicyclic) bond motifs is 1. The normalized spacial score (nSPS) is 11.0. The van der Waals surface area contributed by atoms with Gasteiger partial charge in [-0.25, -0.2) is 9.37 Å². The smallest absolute Gasteiger partial charge is 0.124 e. The fraction of sp³-hybridized carbons (Fsp3) is 0. The van der Waals surface area contributed by atoms with Gasteiger partial charge in [0, 0.05) is 15.4 Å². The molecule has 0 bridgehead atoms. The Kier molecular flexibility index (Phi) is 3.85. The first kappa shape index (κ1) is 14.4. The van der Waals surface area contributed by atoms with Gasteiger partial charge in [0.15, 0.2) is 0 Å². The number of para-hydroxylation sites is 1. The van der Waals surface area contributed by atoms with Crippen LogP contribution < -0.4 is 0 Å². The van der Waals surface area contributed by atoms with Gasteiger partial charge in [0.25, 0.3) is 0 Å². The van der Waals surface area contributed by atoms with E-state index >= 15 is 0 Å². The molecule has 112 valence electrons. The maximum Gasteiger partial charge on any atom is 0.124 e. The summed E-state index contributed by atoms with van der Waals surface area (Å²) in [5.74, 6) is -0.207. The lowest BCUT2D eigenvalue weighted by molar-refractivity contribution is 0.624. The van der Waals surface area contributed by atoms with Gasteiger partial charge >= 0.3 is 0 Å². The molecule has 0 unspecified atom stereocenters. The molecule has 1 aromatic heterocycles. The van der Waals surface area contributed by atoms with Crippen molar-refractivity contribution < 1.29 is 4.39 Å². The van der Waals surface area contributed by atoms with Crippen LogP contribution in [0.1, 0.15) is 0 Å². The van der Waals surface area contributed by atoms with Crippen LogP contribution in [0.4, 0.5) is 4.39 Å².